The first-order chi connectivity index (χ1) is 69.9. The molecule has 0 unspecified atom stereocenters. The van der Waals surface area contributed by atoms with Crippen LogP contribution in [0.3, 0.4) is 0 Å². The molecular weight excluding hydrogens is 2010 g/mol. The molecule has 4 saturated heterocycles. The third-order valence-corrected chi connectivity index (χ3v) is 32.1. The third kappa shape index (κ3) is 29.4. The Morgan fingerprint density at radius 3 is 0.952 bits per heavy atom. The number of likely N-dealkylation sites (tertiary alicyclic amines) is 4. The molecule has 0 atom stereocenters. The molecule has 12 N–H and O–H groups in total. The van der Waals surface area contributed by atoms with Crippen LogP contribution in [0.1, 0.15) is 191 Å². The van der Waals surface area contributed by atoms with Crippen molar-refractivity contribution in [2.75, 3.05) is 129 Å². The molecule has 1 amide bonds. The number of rotatable bonds is 31. The first-order valence-corrected chi connectivity index (χ1v) is 55.8. The minimum atomic E-state index is -3.97. The number of carbonyl (C=O) groups excluding carboxylic acids is 1. The molecule has 4 aliphatic heterocycles. The summed E-state index contributed by atoms with van der Waals surface area (Å²) in [6.45, 7) is 28.9. The van der Waals surface area contributed by atoms with E-state index in [1.807, 2.05) is 48.5 Å². The second-order valence-electron chi connectivity index (χ2n) is 39.0. The number of sulfonamides is 1. The molecular formula is C107H131Cl4FN22O10S3. The summed E-state index contributed by atoms with van der Waals surface area (Å²) in [7, 11) is -2.26. The Hall–Kier alpha value is -11.9. The number of sulfone groups is 2. The molecule has 17 rings (SSSR count). The van der Waals surface area contributed by atoms with E-state index < -0.39 is 41.4 Å². The van der Waals surface area contributed by atoms with E-state index in [4.69, 9.17) is 71.5 Å². The van der Waals surface area contributed by atoms with Crippen LogP contribution >= 0.6 is 46.4 Å². The maximum absolute atomic E-state index is 15.0. The zero-order valence-electron chi connectivity index (χ0n) is 85.4. The van der Waals surface area contributed by atoms with E-state index in [0.29, 0.717) is 99.5 Å². The number of amides is 1. The molecule has 0 spiro atoms. The smallest absolute Gasteiger partial charge is 0.250 e. The molecule has 5 aliphatic rings. The number of nitrogens with one attached hydrogen (secondary N) is 8. The van der Waals surface area contributed by atoms with Gasteiger partial charge in [0.15, 0.2) is 42.9 Å². The molecule has 12 aromatic rings. The zero-order valence-corrected chi connectivity index (χ0v) is 90.9. The van der Waals surface area contributed by atoms with Crippen molar-refractivity contribution in [1.29, 1.82) is 0 Å². The number of aromatic nitrogens is 8. The molecule has 4 aromatic heterocycles. The second-order valence-corrected chi connectivity index (χ2v) is 46.3. The molecule has 8 aromatic carbocycles. The number of ether oxygens (including phenoxy) is 3. The number of aryl methyl sites for hydroxylation is 4. The number of piperidine rings is 4. The van der Waals surface area contributed by atoms with E-state index in [0.717, 1.165) is 162 Å². The Morgan fingerprint density at radius 2 is 0.646 bits per heavy atom. The Kier molecular flexibility index (Phi) is 37.3. The average molecular weight is 2140 g/mol. The van der Waals surface area contributed by atoms with Crippen molar-refractivity contribution in [2.24, 2.45) is 10.9 Å². The number of hydrogen-bond acceptors (Lipinski definition) is 30. The van der Waals surface area contributed by atoms with Crippen molar-refractivity contribution < 1.29 is 48.6 Å². The summed E-state index contributed by atoms with van der Waals surface area (Å²) in [6, 6.07) is 42.6. The second kappa shape index (κ2) is 49.5. The number of nitrogens with zero attached hydrogens (tertiary/aromatic N) is 12. The maximum atomic E-state index is 15.0. The minimum Gasteiger partial charge on any atom is -0.489 e. The fourth-order valence-corrected chi connectivity index (χ4v) is 22.6. The van der Waals surface area contributed by atoms with Gasteiger partial charge < -0.3 is 82.1 Å². The van der Waals surface area contributed by atoms with Crippen LogP contribution in [0.25, 0.3) is 0 Å². The van der Waals surface area contributed by atoms with Crippen molar-refractivity contribution >= 4 is 175 Å². The van der Waals surface area contributed by atoms with Gasteiger partial charge in [0.1, 0.15) is 48.1 Å². The quantitative estimate of drug-likeness (QED) is 0.0193. The average Bonchev–Trinajstić information content (AvgIpc) is 0.774. The van der Waals surface area contributed by atoms with Crippen molar-refractivity contribution in [1.82, 2.24) is 59.5 Å². The summed E-state index contributed by atoms with van der Waals surface area (Å²) in [4.78, 5) is 56.7. The van der Waals surface area contributed by atoms with Crippen LogP contribution in [0.15, 0.2) is 185 Å². The highest BCUT2D eigenvalue weighted by Crippen LogP contribution is 2.46. The van der Waals surface area contributed by atoms with E-state index in [1.54, 1.807) is 91.0 Å². The van der Waals surface area contributed by atoms with E-state index in [1.165, 1.54) is 76.4 Å². The summed E-state index contributed by atoms with van der Waals surface area (Å²) >= 11 is 25.4. The minimum absolute atomic E-state index is 0.00672. The fraction of sp³-hybridized carbons (Fsp3) is 0.393. The van der Waals surface area contributed by atoms with Gasteiger partial charge in [-0.3, -0.25) is 4.79 Å². The molecule has 1 saturated carbocycles. The van der Waals surface area contributed by atoms with Gasteiger partial charge in [-0.15, -0.1) is 0 Å². The number of para-hydroxylation sites is 4. The summed E-state index contributed by atoms with van der Waals surface area (Å²) < 4.78 is 108. The SMILES string of the molecule is Cc1cc(Nc2ncc(Cl)c(Nc3ccccc3C(N)=O)n2)c(OC(C)C)cc1C1CCN(C)CC1.Cc1cc(Nc2ncc(Cl)c(Nc3ccccc3S(=O)(=O)C3CCC3)n2)c(OC(C)C)cc1C1CCN(C)CC1.Cc1cc(Nc2ncc(Cl)c(Nc3ccccc3S(C)(=O)=O)n2)c(OC(C)C)cc1C1CCN(C)CC1.Cc1cc(Nc2ncc(Cl)c(Nc3ccccc3S(N)(=O)=O)n2)c(F)cc1C1CCN(C)CC1. The van der Waals surface area contributed by atoms with E-state index in [9.17, 15) is 30.0 Å². The van der Waals surface area contributed by atoms with Crippen LogP contribution in [0.2, 0.25) is 20.1 Å². The van der Waals surface area contributed by atoms with Crippen molar-refractivity contribution in [2.45, 2.75) is 202 Å². The summed E-state index contributed by atoms with van der Waals surface area (Å²) in [5.41, 5.74) is 19.5. The number of hydrogen-bond donors (Lipinski definition) is 10. The number of anilines is 16. The van der Waals surface area contributed by atoms with Gasteiger partial charge in [-0.1, -0.05) is 101 Å². The van der Waals surface area contributed by atoms with Gasteiger partial charge in [0, 0.05) is 6.26 Å². The molecule has 8 heterocycles. The van der Waals surface area contributed by atoms with Gasteiger partial charge in [0.25, 0.3) is 5.91 Å². The first kappa shape index (κ1) is 111. The van der Waals surface area contributed by atoms with Crippen LogP contribution < -0.4 is 67.6 Å². The van der Waals surface area contributed by atoms with Crippen molar-refractivity contribution in [3.63, 3.8) is 0 Å². The zero-order chi connectivity index (χ0) is 105. The van der Waals surface area contributed by atoms with Crippen LogP contribution in [0, 0.1) is 33.5 Å². The first-order valence-electron chi connectivity index (χ1n) is 49.3. The van der Waals surface area contributed by atoms with Gasteiger partial charge in [-0.05, 0) is 379 Å². The van der Waals surface area contributed by atoms with Crippen LogP contribution in [0.4, 0.5) is 97.0 Å². The lowest BCUT2D eigenvalue weighted by molar-refractivity contribution is 0.100. The van der Waals surface area contributed by atoms with Gasteiger partial charge in [-0.2, -0.15) is 19.9 Å². The Bertz CT molecular complexity index is 7050. The predicted octanol–water partition coefficient (Wildman–Crippen LogP) is 22.9. The van der Waals surface area contributed by atoms with Crippen LogP contribution in [-0.4, -0.2) is 201 Å². The highest BCUT2D eigenvalue weighted by atomic mass is 35.5. The number of nitrogens with two attached hydrogens (primary N) is 2. The molecule has 40 heteroatoms. The molecule has 782 valence electrons. The molecule has 32 nitrogen and oxygen atoms in total. The summed E-state index contributed by atoms with van der Waals surface area (Å²) in [5.74, 6) is 5.35. The number of primary amides is 1. The molecule has 0 radical (unpaired) electrons. The topological polar surface area (TPSA) is 412 Å². The van der Waals surface area contributed by atoms with E-state index in [-0.39, 0.29) is 76.5 Å². The summed E-state index contributed by atoms with van der Waals surface area (Å²) in [6.07, 6.45) is 18.1. The van der Waals surface area contributed by atoms with Crippen molar-refractivity contribution in [3.05, 3.63) is 246 Å². The lowest BCUT2D eigenvalue weighted by atomic mass is 9.86. The van der Waals surface area contributed by atoms with Gasteiger partial charge in [0.05, 0.1) is 109 Å². The number of benzene rings is 8. The molecule has 5 fully saturated rings. The Labute approximate surface area is 882 Å². The van der Waals surface area contributed by atoms with E-state index >= 15 is 4.39 Å². The highest BCUT2D eigenvalue weighted by Gasteiger charge is 2.36. The number of primary sulfonamides is 1. The molecule has 0 bridgehead atoms. The van der Waals surface area contributed by atoms with Gasteiger partial charge in [0.2, 0.25) is 33.8 Å². The normalized spacial score (nSPS) is 15.6. The standard InChI is InChI=1S/C30H38ClN5O3S.C27H33ClN6O2.C27H34ClN5O3S.C23H26ClFN6O2S/c1-19(2)39-27-17-23(21-12-14-36(4)15-13-21)20(3)16-26(27)34-30-32-18-24(31)29(35-30)33-25-10-5-6-11-28(25)40(37,38)22-8-7-9-22;1-16(2)36-24-14-20(18-9-11-34(4)12-10-18)17(3)13-23(24)32-27-30-15-21(28)26(33-27)31-22-8-6-5-7-19(22)25(29)35;1-17(2)36-24-15-20(19-10-12-33(4)13-11-19)18(3)14-23(24)31-27-29-16-21(28)26(32-27)30-22-8-6-7-9-25(22)37(5,34)35;1-14-11-20(18(25)12-16(14)15-7-9-31(2)10-8-15)29-23-27-13-17(24)22(30-23)28-19-5-3-4-6-21(19)34(26,32)33/h5-6,10-11,16-19,21-22H,7-9,12-15H2,1-4H3,(H2,32,33,34,35);5-8,13-16,18H,9-12H2,1-4H3,(H2,29,35)(H2,30,31,32,33);6-9,14-17,19H,10-13H2,1-5H3,(H2,29,30,31,32);3-6,11-13,15H,7-10H2,1-2H3,(H2,26,32,33)(H2,27,28,29,30). The maximum Gasteiger partial charge on any atom is 0.250 e. The third-order valence-electron chi connectivity index (χ3n) is 26.5. The van der Waals surface area contributed by atoms with Gasteiger partial charge >= 0.3 is 0 Å². The predicted molar refractivity (Wildman–Crippen MR) is 588 cm³/mol. The summed E-state index contributed by atoms with van der Waals surface area (Å²) in [5, 5.41) is 31.0. The monoisotopic (exact) mass is 2140 g/mol. The Balaban J connectivity index is 0.000000155. The Morgan fingerprint density at radius 1 is 0.374 bits per heavy atom. The largest absolute Gasteiger partial charge is 0.489 e. The lowest BCUT2D eigenvalue weighted by Gasteiger charge is -2.30. The fourth-order valence-electron chi connectivity index (χ4n) is 18.5. The molecule has 1 aliphatic carbocycles. The molecule has 147 heavy (non-hydrogen) atoms. The highest BCUT2D eigenvalue weighted by molar-refractivity contribution is 7.92. The number of carbonyl (C=O) groups is 1. The van der Waals surface area contributed by atoms with E-state index in [2.05, 4.69) is 187 Å². The number of halogens is 5. The van der Waals surface area contributed by atoms with Crippen LogP contribution in [-0.2, 0) is 29.7 Å². The van der Waals surface area contributed by atoms with Crippen LogP contribution in [0.5, 0.6) is 17.2 Å². The lowest BCUT2D eigenvalue weighted by Crippen LogP contribution is -2.29. The van der Waals surface area contributed by atoms with Gasteiger partial charge in [-0.25, -0.2) is 54.7 Å². The van der Waals surface area contributed by atoms with Crippen molar-refractivity contribution in [3.8, 4) is 17.2 Å².